The molecule has 4 rings (SSSR count). The highest BCUT2D eigenvalue weighted by atomic mass is 32.1. The Morgan fingerprint density at radius 3 is 2.54 bits per heavy atom. The minimum absolute atomic E-state index is 0.261. The van der Waals surface area contributed by atoms with Crippen LogP contribution in [0.15, 0.2) is 23.6 Å². The van der Waals surface area contributed by atoms with Crippen LogP contribution in [0.3, 0.4) is 0 Å². The van der Waals surface area contributed by atoms with E-state index < -0.39 is 0 Å². The number of carbonyl (C=O) groups excluding carboxylic acids is 2. The Bertz CT molecular complexity index is 1060. The molecule has 7 nitrogen and oxygen atoms in total. The van der Waals surface area contributed by atoms with Gasteiger partial charge in [0.1, 0.15) is 0 Å². The SMILES string of the molecule is Cc1nn(C(C)(C)C)c2nc(C3CC3)cc(C(=O)NNC(=O)c3cccs3)c12. The van der Waals surface area contributed by atoms with Gasteiger partial charge in [-0.15, -0.1) is 11.3 Å². The highest BCUT2D eigenvalue weighted by Gasteiger charge is 2.30. The van der Waals surface area contributed by atoms with E-state index in [9.17, 15) is 9.59 Å². The lowest BCUT2D eigenvalue weighted by Crippen LogP contribution is -2.41. The number of carbonyl (C=O) groups is 2. The monoisotopic (exact) mass is 397 g/mol. The Balaban J connectivity index is 1.72. The van der Waals surface area contributed by atoms with Gasteiger partial charge < -0.3 is 0 Å². The van der Waals surface area contributed by atoms with E-state index in [1.165, 1.54) is 11.3 Å². The van der Waals surface area contributed by atoms with Crippen LogP contribution in [0.2, 0.25) is 0 Å². The van der Waals surface area contributed by atoms with Crippen LogP contribution in [-0.4, -0.2) is 26.6 Å². The quantitative estimate of drug-likeness (QED) is 0.662. The van der Waals surface area contributed by atoms with Crippen molar-refractivity contribution in [2.75, 3.05) is 0 Å². The number of nitrogens with one attached hydrogen (secondary N) is 2. The number of rotatable bonds is 3. The molecule has 0 aromatic carbocycles. The van der Waals surface area contributed by atoms with Crippen LogP contribution in [0.25, 0.3) is 11.0 Å². The van der Waals surface area contributed by atoms with Gasteiger partial charge in [0, 0.05) is 11.6 Å². The van der Waals surface area contributed by atoms with E-state index in [0.717, 1.165) is 29.6 Å². The van der Waals surface area contributed by atoms with Gasteiger partial charge in [0.05, 0.1) is 27.1 Å². The average Bonchev–Trinajstić information content (AvgIpc) is 3.23. The molecule has 0 bridgehead atoms. The summed E-state index contributed by atoms with van der Waals surface area (Å²) in [5, 5.41) is 7.19. The number of thiophene rings is 1. The predicted molar refractivity (Wildman–Crippen MR) is 108 cm³/mol. The maximum absolute atomic E-state index is 13.0. The normalized spacial score (nSPS) is 14.3. The Morgan fingerprint density at radius 1 is 1.21 bits per heavy atom. The fourth-order valence-electron chi connectivity index (χ4n) is 3.19. The molecule has 1 saturated carbocycles. The molecule has 0 unspecified atom stereocenters. The largest absolute Gasteiger partial charge is 0.279 e. The van der Waals surface area contributed by atoms with E-state index in [4.69, 9.17) is 4.98 Å². The van der Waals surface area contributed by atoms with Gasteiger partial charge in [-0.2, -0.15) is 5.10 Å². The van der Waals surface area contributed by atoms with E-state index in [1.54, 1.807) is 12.1 Å². The van der Waals surface area contributed by atoms with Crippen LogP contribution in [0.5, 0.6) is 0 Å². The van der Waals surface area contributed by atoms with Crippen molar-refractivity contribution in [3.8, 4) is 0 Å². The van der Waals surface area contributed by atoms with Crippen LogP contribution in [-0.2, 0) is 5.54 Å². The second-order valence-corrected chi connectivity index (χ2v) is 9.07. The number of fused-ring (bicyclic) bond motifs is 1. The molecular weight excluding hydrogens is 374 g/mol. The lowest BCUT2D eigenvalue weighted by Gasteiger charge is -2.20. The maximum atomic E-state index is 13.0. The van der Waals surface area contributed by atoms with Crippen LogP contribution >= 0.6 is 11.3 Å². The first kappa shape index (κ1) is 18.6. The molecule has 0 aliphatic heterocycles. The third-order valence-electron chi connectivity index (χ3n) is 4.74. The predicted octanol–water partition coefficient (Wildman–Crippen LogP) is 3.51. The molecule has 0 saturated heterocycles. The first-order valence-electron chi connectivity index (χ1n) is 9.30. The summed E-state index contributed by atoms with van der Waals surface area (Å²) in [6.45, 7) is 8.06. The van der Waals surface area contributed by atoms with Crippen molar-refractivity contribution in [3.63, 3.8) is 0 Å². The number of nitrogens with zero attached hydrogens (tertiary/aromatic N) is 3. The second-order valence-electron chi connectivity index (χ2n) is 8.12. The van der Waals surface area contributed by atoms with Gasteiger partial charge in [-0.25, -0.2) is 9.67 Å². The molecule has 146 valence electrons. The molecule has 28 heavy (non-hydrogen) atoms. The summed E-state index contributed by atoms with van der Waals surface area (Å²) in [4.78, 5) is 30.5. The van der Waals surface area contributed by atoms with Gasteiger partial charge in [-0.1, -0.05) is 6.07 Å². The van der Waals surface area contributed by atoms with Gasteiger partial charge in [-0.3, -0.25) is 20.4 Å². The molecule has 3 aromatic rings. The van der Waals surface area contributed by atoms with Crippen LogP contribution in [0.4, 0.5) is 0 Å². The Morgan fingerprint density at radius 2 is 1.93 bits per heavy atom. The Kier molecular flexibility index (Phi) is 4.45. The highest BCUT2D eigenvalue weighted by molar-refractivity contribution is 7.12. The number of hydrogen-bond acceptors (Lipinski definition) is 5. The number of aromatic nitrogens is 3. The first-order chi connectivity index (χ1) is 13.3. The molecule has 8 heteroatoms. The van der Waals surface area contributed by atoms with Gasteiger partial charge >= 0.3 is 0 Å². The number of hydrogen-bond donors (Lipinski definition) is 2. The molecular formula is C20H23N5O2S. The Hall–Kier alpha value is -2.74. The second kappa shape index (κ2) is 6.70. The minimum atomic E-state index is -0.365. The van der Waals surface area contributed by atoms with Crippen molar-refractivity contribution in [2.45, 2.75) is 52.0 Å². The third-order valence-corrected chi connectivity index (χ3v) is 5.61. The molecule has 0 spiro atoms. The number of amides is 2. The summed E-state index contributed by atoms with van der Waals surface area (Å²) in [5.41, 5.74) is 7.64. The summed E-state index contributed by atoms with van der Waals surface area (Å²) in [5.74, 6) is -0.311. The summed E-state index contributed by atoms with van der Waals surface area (Å²) in [6, 6.07) is 5.34. The summed E-state index contributed by atoms with van der Waals surface area (Å²) in [6.07, 6.45) is 2.16. The standard InChI is InChI=1S/C20H23N5O2S/c1-11-16-13(18(26)22-23-19(27)15-6-5-9-28-15)10-14(12-7-8-12)21-17(16)25(24-11)20(2,3)4/h5-6,9-10,12H,7-8H2,1-4H3,(H,22,26)(H,23,27). The molecule has 1 aliphatic carbocycles. The molecule has 1 aliphatic rings. The average molecular weight is 398 g/mol. The van der Waals surface area contributed by atoms with Gasteiger partial charge in [0.25, 0.3) is 11.8 Å². The molecule has 2 N–H and O–H groups in total. The smallest absolute Gasteiger partial charge is 0.267 e. The topological polar surface area (TPSA) is 88.9 Å². The Labute approximate surface area is 167 Å². The van der Waals surface area contributed by atoms with E-state index in [1.807, 2.05) is 23.1 Å². The summed E-state index contributed by atoms with van der Waals surface area (Å²) < 4.78 is 1.88. The van der Waals surface area contributed by atoms with E-state index in [-0.39, 0.29) is 17.4 Å². The summed E-state index contributed by atoms with van der Waals surface area (Å²) >= 11 is 1.32. The van der Waals surface area contributed by atoms with Crippen molar-refractivity contribution >= 4 is 34.2 Å². The van der Waals surface area contributed by atoms with Crippen molar-refractivity contribution in [1.82, 2.24) is 25.6 Å². The molecule has 3 heterocycles. The molecule has 0 radical (unpaired) electrons. The van der Waals surface area contributed by atoms with Crippen LogP contribution in [0.1, 0.15) is 70.9 Å². The lowest BCUT2D eigenvalue weighted by molar-refractivity contribution is 0.0849. The number of aryl methyl sites for hydroxylation is 1. The first-order valence-corrected chi connectivity index (χ1v) is 10.2. The van der Waals surface area contributed by atoms with Crippen molar-refractivity contribution in [1.29, 1.82) is 0 Å². The molecule has 3 aromatic heterocycles. The highest BCUT2D eigenvalue weighted by Crippen LogP contribution is 2.40. The minimum Gasteiger partial charge on any atom is -0.267 e. The molecule has 0 atom stereocenters. The third kappa shape index (κ3) is 3.40. The maximum Gasteiger partial charge on any atom is 0.279 e. The van der Waals surface area contributed by atoms with Crippen molar-refractivity contribution in [2.24, 2.45) is 0 Å². The van der Waals surface area contributed by atoms with Crippen LogP contribution in [0, 0.1) is 6.92 Å². The fraction of sp³-hybridized carbons (Fsp3) is 0.400. The summed E-state index contributed by atoms with van der Waals surface area (Å²) in [7, 11) is 0. The zero-order chi connectivity index (χ0) is 20.1. The zero-order valence-corrected chi connectivity index (χ0v) is 17.2. The lowest BCUT2D eigenvalue weighted by atomic mass is 10.1. The van der Waals surface area contributed by atoms with Gasteiger partial charge in [-0.05, 0) is 58.0 Å². The molecule has 2 amide bonds. The van der Waals surface area contributed by atoms with Crippen molar-refractivity contribution < 1.29 is 9.59 Å². The van der Waals surface area contributed by atoms with Crippen LogP contribution < -0.4 is 10.9 Å². The van der Waals surface area contributed by atoms with Gasteiger partial charge in [0.2, 0.25) is 0 Å². The fourth-order valence-corrected chi connectivity index (χ4v) is 3.81. The van der Waals surface area contributed by atoms with E-state index >= 15 is 0 Å². The van der Waals surface area contributed by atoms with E-state index in [0.29, 0.717) is 22.0 Å². The van der Waals surface area contributed by atoms with Gasteiger partial charge in [0.15, 0.2) is 5.65 Å². The zero-order valence-electron chi connectivity index (χ0n) is 16.4. The molecule has 1 fully saturated rings. The number of pyridine rings is 1. The van der Waals surface area contributed by atoms with E-state index in [2.05, 4.69) is 36.7 Å². The van der Waals surface area contributed by atoms with Crippen molar-refractivity contribution in [3.05, 3.63) is 45.4 Å². The number of hydrazine groups is 1.